The summed E-state index contributed by atoms with van der Waals surface area (Å²) in [6.45, 7) is 1.05. The third-order valence-electron chi connectivity index (χ3n) is 2.55. The predicted octanol–water partition coefficient (Wildman–Crippen LogP) is -0.486. The molecule has 3 N–H and O–H groups in total. The maximum Gasteiger partial charge on any atom is 0.251 e. The Labute approximate surface area is 75.8 Å². The Morgan fingerprint density at radius 1 is 1.58 bits per heavy atom. The first kappa shape index (κ1) is 8.34. The second-order valence-corrected chi connectivity index (χ2v) is 4.45. The third-order valence-corrected chi connectivity index (χ3v) is 3.91. The zero-order valence-electron chi connectivity index (χ0n) is 6.82. The molecule has 0 saturated carbocycles. The quantitative estimate of drug-likeness (QED) is 0.330. The van der Waals surface area contributed by atoms with Gasteiger partial charge in [0, 0.05) is 6.54 Å². The molecule has 0 aromatic carbocycles. The van der Waals surface area contributed by atoms with E-state index in [-0.39, 0.29) is 11.9 Å². The van der Waals surface area contributed by atoms with Crippen LogP contribution in [0.25, 0.3) is 0 Å². The summed E-state index contributed by atoms with van der Waals surface area (Å²) in [6, 6.07) is 0.0370. The number of nitrogens with one attached hydrogen (secondary N) is 1. The smallest absolute Gasteiger partial charge is 0.251 e. The minimum Gasteiger partial charge on any atom is -0.293 e. The molecule has 2 saturated heterocycles. The van der Waals surface area contributed by atoms with E-state index in [1.807, 2.05) is 11.8 Å². The monoisotopic (exact) mass is 187 g/mol. The third kappa shape index (κ3) is 1.22. The first-order chi connectivity index (χ1) is 5.83. The maximum atomic E-state index is 11.3. The van der Waals surface area contributed by atoms with E-state index in [0.717, 1.165) is 18.7 Å². The second kappa shape index (κ2) is 3.24. The van der Waals surface area contributed by atoms with E-state index in [1.165, 1.54) is 6.42 Å². The van der Waals surface area contributed by atoms with E-state index in [4.69, 9.17) is 5.84 Å². The highest BCUT2D eigenvalue weighted by Gasteiger charge is 2.40. The number of fused-ring (bicyclic) bond motifs is 1. The lowest BCUT2D eigenvalue weighted by Crippen LogP contribution is -2.60. The number of rotatable bonds is 1. The maximum absolute atomic E-state index is 11.3. The zero-order chi connectivity index (χ0) is 8.55. The van der Waals surface area contributed by atoms with E-state index >= 15 is 0 Å². The van der Waals surface area contributed by atoms with Gasteiger partial charge in [0.2, 0.25) is 0 Å². The largest absolute Gasteiger partial charge is 0.293 e. The molecule has 0 bridgehead atoms. The van der Waals surface area contributed by atoms with Crippen LogP contribution in [-0.2, 0) is 4.79 Å². The minimum atomic E-state index is -0.0278. The Balaban J connectivity index is 1.99. The van der Waals surface area contributed by atoms with Crippen LogP contribution in [0.2, 0.25) is 0 Å². The lowest BCUT2D eigenvalue weighted by molar-refractivity contribution is -0.129. The van der Waals surface area contributed by atoms with Gasteiger partial charge >= 0.3 is 0 Å². The Hall–Kier alpha value is -0.260. The molecule has 0 aliphatic carbocycles. The second-order valence-electron chi connectivity index (χ2n) is 3.17. The van der Waals surface area contributed by atoms with Crippen molar-refractivity contribution in [2.24, 2.45) is 5.84 Å². The number of amides is 1. The molecule has 4 nitrogen and oxygen atoms in total. The highest BCUT2D eigenvalue weighted by molar-refractivity contribution is 7.99. The van der Waals surface area contributed by atoms with Gasteiger partial charge in [-0.3, -0.25) is 15.1 Å². The summed E-state index contributed by atoms with van der Waals surface area (Å²) in [7, 11) is 0. The van der Waals surface area contributed by atoms with Crippen LogP contribution in [0, 0.1) is 0 Å². The van der Waals surface area contributed by atoms with Crippen LogP contribution < -0.4 is 11.3 Å². The van der Waals surface area contributed by atoms with E-state index in [0.29, 0.717) is 5.37 Å². The first-order valence-electron chi connectivity index (χ1n) is 4.20. The van der Waals surface area contributed by atoms with Gasteiger partial charge in [-0.15, -0.1) is 11.8 Å². The predicted molar refractivity (Wildman–Crippen MR) is 48.3 cm³/mol. The van der Waals surface area contributed by atoms with Crippen LogP contribution >= 0.6 is 11.8 Å². The van der Waals surface area contributed by atoms with E-state index in [9.17, 15) is 4.79 Å². The average molecular weight is 187 g/mol. The summed E-state index contributed by atoms with van der Waals surface area (Å²) < 4.78 is 0. The van der Waals surface area contributed by atoms with Crippen LogP contribution in [0.5, 0.6) is 0 Å². The van der Waals surface area contributed by atoms with Crippen molar-refractivity contribution in [1.82, 2.24) is 10.3 Å². The van der Waals surface area contributed by atoms with Gasteiger partial charge in [0.1, 0.15) is 0 Å². The Morgan fingerprint density at radius 2 is 2.42 bits per heavy atom. The molecule has 0 aromatic heterocycles. The summed E-state index contributed by atoms with van der Waals surface area (Å²) in [4.78, 5) is 13.5. The Kier molecular flexibility index (Phi) is 2.25. The van der Waals surface area contributed by atoms with E-state index in [1.54, 1.807) is 0 Å². The number of hydrogen-bond acceptors (Lipinski definition) is 4. The first-order valence-corrected chi connectivity index (χ1v) is 5.25. The molecule has 5 heteroatoms. The van der Waals surface area contributed by atoms with Gasteiger partial charge in [0.15, 0.2) is 0 Å². The molecule has 2 fully saturated rings. The molecule has 2 aliphatic rings. The van der Waals surface area contributed by atoms with Crippen molar-refractivity contribution in [2.75, 3.05) is 12.3 Å². The minimum absolute atomic E-state index is 0.0278. The fraction of sp³-hybridized carbons (Fsp3) is 0.857. The fourth-order valence-electron chi connectivity index (χ4n) is 1.78. The highest BCUT2D eigenvalue weighted by atomic mass is 32.2. The average Bonchev–Trinajstić information content (AvgIpc) is 2.05. The molecule has 2 rings (SSSR count). The van der Waals surface area contributed by atoms with Crippen LogP contribution in [0.15, 0.2) is 0 Å². The number of nitrogens with two attached hydrogens (primary N) is 1. The van der Waals surface area contributed by atoms with Gasteiger partial charge in [-0.05, 0) is 18.6 Å². The van der Waals surface area contributed by atoms with Gasteiger partial charge < -0.3 is 0 Å². The van der Waals surface area contributed by atoms with Crippen molar-refractivity contribution in [3.8, 4) is 0 Å². The molecule has 0 radical (unpaired) electrons. The van der Waals surface area contributed by atoms with Crippen molar-refractivity contribution in [3.05, 3.63) is 0 Å². The molecular weight excluding hydrogens is 174 g/mol. The van der Waals surface area contributed by atoms with Gasteiger partial charge in [-0.1, -0.05) is 0 Å². The van der Waals surface area contributed by atoms with Gasteiger partial charge in [-0.25, -0.2) is 5.84 Å². The number of hydrogen-bond donors (Lipinski definition) is 2. The molecule has 1 amide bonds. The standard InChI is InChI=1S/C7H13N3OS/c8-9-7(11)5-2-4-12-6-1-3-10(5)6/h5-6H,1-4,8H2,(H,9,11). The SMILES string of the molecule is NNC(=O)C1CCSC2CCN21. The lowest BCUT2D eigenvalue weighted by Gasteiger charge is -2.48. The molecule has 68 valence electrons. The number of carbonyl (C=O) groups is 1. The number of thioether (sulfide) groups is 1. The van der Waals surface area contributed by atoms with Gasteiger partial charge in [0.05, 0.1) is 11.4 Å². The van der Waals surface area contributed by atoms with Gasteiger partial charge in [0.25, 0.3) is 5.91 Å². The summed E-state index contributed by atoms with van der Waals surface area (Å²) in [6.07, 6.45) is 2.16. The number of hydrazine groups is 1. The van der Waals surface area contributed by atoms with Crippen LogP contribution in [0.4, 0.5) is 0 Å². The highest BCUT2D eigenvalue weighted by Crippen LogP contribution is 2.36. The van der Waals surface area contributed by atoms with Crippen molar-refractivity contribution in [1.29, 1.82) is 0 Å². The number of carbonyl (C=O) groups excluding carboxylic acids is 1. The fourth-order valence-corrected chi connectivity index (χ4v) is 3.13. The Bertz CT molecular complexity index is 199. The van der Waals surface area contributed by atoms with Crippen molar-refractivity contribution < 1.29 is 4.79 Å². The summed E-state index contributed by atoms with van der Waals surface area (Å²) in [5.41, 5.74) is 2.23. The topological polar surface area (TPSA) is 58.4 Å². The summed E-state index contributed by atoms with van der Waals surface area (Å²) >= 11 is 1.95. The number of nitrogens with zero attached hydrogens (tertiary/aromatic N) is 1. The normalized spacial score (nSPS) is 35.1. The molecule has 2 heterocycles. The van der Waals surface area contributed by atoms with Crippen LogP contribution in [0.1, 0.15) is 12.8 Å². The molecule has 2 aliphatic heterocycles. The van der Waals surface area contributed by atoms with Crippen molar-refractivity contribution in [3.63, 3.8) is 0 Å². The molecule has 2 unspecified atom stereocenters. The zero-order valence-corrected chi connectivity index (χ0v) is 7.64. The van der Waals surface area contributed by atoms with Gasteiger partial charge in [-0.2, -0.15) is 0 Å². The molecular formula is C7H13N3OS. The Morgan fingerprint density at radius 3 is 3.00 bits per heavy atom. The van der Waals surface area contributed by atoms with Crippen molar-refractivity contribution in [2.45, 2.75) is 24.3 Å². The molecule has 0 aromatic rings. The lowest BCUT2D eigenvalue weighted by atomic mass is 10.1. The van der Waals surface area contributed by atoms with E-state index in [2.05, 4.69) is 10.3 Å². The molecule has 2 atom stereocenters. The summed E-state index contributed by atoms with van der Waals surface area (Å²) in [5.74, 6) is 6.16. The van der Waals surface area contributed by atoms with Crippen LogP contribution in [0.3, 0.4) is 0 Å². The van der Waals surface area contributed by atoms with Crippen molar-refractivity contribution >= 4 is 17.7 Å². The van der Waals surface area contributed by atoms with Crippen LogP contribution in [-0.4, -0.2) is 34.5 Å². The molecule has 0 spiro atoms. The molecule has 12 heavy (non-hydrogen) atoms. The van der Waals surface area contributed by atoms with E-state index < -0.39 is 0 Å². The summed E-state index contributed by atoms with van der Waals surface area (Å²) in [5, 5.41) is 0.584.